The maximum absolute atomic E-state index is 11.7. The van der Waals surface area contributed by atoms with Crippen LogP contribution in [0.25, 0.3) is 0 Å². The number of pyridine rings is 1. The molecule has 0 radical (unpaired) electrons. The molecular weight excluding hydrogens is 292 g/mol. The largest absolute Gasteiger partial charge is 0.755 e. The molecule has 1 atom stereocenters. The quantitative estimate of drug-likeness (QED) is 0.729. The van der Waals surface area contributed by atoms with Crippen LogP contribution < -0.4 is 15.4 Å². The third kappa shape index (κ3) is 5.21. The summed E-state index contributed by atoms with van der Waals surface area (Å²) in [4.78, 5) is 15.6. The Labute approximate surface area is 124 Å². The van der Waals surface area contributed by atoms with Crippen LogP contribution in [0.5, 0.6) is 0 Å². The van der Waals surface area contributed by atoms with Crippen LogP contribution in [0.1, 0.15) is 5.56 Å². The minimum Gasteiger partial charge on any atom is -0.755 e. The fraction of sp³-hybridized carbons (Fsp3) is 0.0769. The van der Waals surface area contributed by atoms with Crippen LogP contribution in [-0.4, -0.2) is 19.8 Å². The van der Waals surface area contributed by atoms with Crippen molar-refractivity contribution in [1.29, 1.82) is 0 Å². The van der Waals surface area contributed by atoms with Gasteiger partial charge in [-0.3, -0.25) is 9.19 Å². The molecule has 7 nitrogen and oxygen atoms in total. The van der Waals surface area contributed by atoms with E-state index >= 15 is 0 Å². The third-order valence-corrected chi connectivity index (χ3v) is 2.95. The molecule has 1 unspecified atom stereocenters. The summed E-state index contributed by atoms with van der Waals surface area (Å²) in [6.07, 6.45) is 3.31. The second-order valence-corrected chi connectivity index (χ2v) is 4.75. The summed E-state index contributed by atoms with van der Waals surface area (Å²) in [6, 6.07) is 9.57. The number of hydrogen-bond donors (Lipinski definition) is 3. The second-order valence-electron chi connectivity index (χ2n) is 4.08. The molecule has 1 aromatic heterocycles. The highest BCUT2D eigenvalue weighted by molar-refractivity contribution is 7.80. The van der Waals surface area contributed by atoms with Crippen molar-refractivity contribution in [2.75, 3.05) is 10.0 Å². The fourth-order valence-corrected chi connectivity index (χ4v) is 1.90. The van der Waals surface area contributed by atoms with E-state index in [4.69, 9.17) is 0 Å². The lowest BCUT2D eigenvalue weighted by molar-refractivity contribution is 0.251. The number of benzene rings is 1. The zero-order chi connectivity index (χ0) is 15.1. The van der Waals surface area contributed by atoms with Gasteiger partial charge in [-0.1, -0.05) is 0 Å². The van der Waals surface area contributed by atoms with Gasteiger partial charge in [-0.2, -0.15) is 0 Å². The molecule has 0 saturated carbocycles. The first kappa shape index (κ1) is 14.9. The predicted molar refractivity (Wildman–Crippen MR) is 79.1 cm³/mol. The summed E-state index contributed by atoms with van der Waals surface area (Å²) in [5, 5.41) is 5.35. The molecule has 2 rings (SSSR count). The van der Waals surface area contributed by atoms with Gasteiger partial charge in [0.05, 0.1) is 0 Å². The van der Waals surface area contributed by atoms with Gasteiger partial charge in [-0.15, -0.1) is 0 Å². The number of nitrogens with zero attached hydrogens (tertiary/aromatic N) is 1. The van der Waals surface area contributed by atoms with Gasteiger partial charge in [-0.05, 0) is 42.0 Å². The van der Waals surface area contributed by atoms with Gasteiger partial charge < -0.3 is 19.9 Å². The number of hydrogen-bond acceptors (Lipinski definition) is 4. The molecule has 21 heavy (non-hydrogen) atoms. The number of carbonyl (C=O) groups excluding carboxylic acids is 1. The lowest BCUT2D eigenvalue weighted by Gasteiger charge is -2.10. The predicted octanol–water partition coefficient (Wildman–Crippen LogP) is 1.61. The molecule has 8 heteroatoms. The maximum Gasteiger partial charge on any atom is 0.319 e. The number of urea groups is 1. The average molecular weight is 305 g/mol. The Balaban J connectivity index is 1.83. The minimum absolute atomic E-state index is 0.347. The molecular formula is C13H13N4O3S-. The van der Waals surface area contributed by atoms with Crippen molar-refractivity contribution in [1.82, 2.24) is 10.3 Å². The first-order chi connectivity index (χ1) is 10.1. The van der Waals surface area contributed by atoms with Crippen molar-refractivity contribution in [3.8, 4) is 0 Å². The Morgan fingerprint density at radius 3 is 2.33 bits per heavy atom. The van der Waals surface area contributed by atoms with Gasteiger partial charge in [0, 0.05) is 41.6 Å². The second kappa shape index (κ2) is 7.36. The van der Waals surface area contributed by atoms with Crippen LogP contribution in [0, 0.1) is 0 Å². The highest BCUT2D eigenvalue weighted by Crippen LogP contribution is 2.13. The van der Waals surface area contributed by atoms with Crippen molar-refractivity contribution in [3.05, 3.63) is 54.4 Å². The number of anilines is 2. The summed E-state index contributed by atoms with van der Waals surface area (Å²) in [5.74, 6) is 0. The van der Waals surface area contributed by atoms with Gasteiger partial charge in [0.15, 0.2) is 0 Å². The van der Waals surface area contributed by atoms with E-state index in [2.05, 4.69) is 20.3 Å². The van der Waals surface area contributed by atoms with E-state index in [0.29, 0.717) is 17.9 Å². The van der Waals surface area contributed by atoms with Crippen molar-refractivity contribution in [2.45, 2.75) is 6.54 Å². The number of carbonyl (C=O) groups is 1. The summed E-state index contributed by atoms with van der Waals surface area (Å²) < 4.78 is 23.1. The highest BCUT2D eigenvalue weighted by atomic mass is 32.2. The van der Waals surface area contributed by atoms with E-state index in [1.54, 1.807) is 36.7 Å². The molecule has 0 saturated heterocycles. The lowest BCUT2D eigenvalue weighted by atomic mass is 10.3. The van der Waals surface area contributed by atoms with Crippen LogP contribution in [0.4, 0.5) is 16.2 Å². The summed E-state index contributed by atoms with van der Waals surface area (Å²) in [5.41, 5.74) is 1.92. The maximum atomic E-state index is 11.7. The lowest BCUT2D eigenvalue weighted by Crippen LogP contribution is -2.28. The Bertz CT molecular complexity index is 619. The van der Waals surface area contributed by atoms with Gasteiger partial charge >= 0.3 is 6.03 Å². The Kier molecular flexibility index (Phi) is 5.24. The smallest absolute Gasteiger partial charge is 0.319 e. The van der Waals surface area contributed by atoms with Gasteiger partial charge in [0.1, 0.15) is 0 Å². The van der Waals surface area contributed by atoms with Crippen molar-refractivity contribution in [3.63, 3.8) is 0 Å². The summed E-state index contributed by atoms with van der Waals surface area (Å²) in [7, 11) is 0. The molecule has 2 aromatic rings. The molecule has 2 amide bonds. The van der Waals surface area contributed by atoms with E-state index in [0.717, 1.165) is 5.56 Å². The van der Waals surface area contributed by atoms with Crippen LogP contribution in [0.3, 0.4) is 0 Å². The molecule has 1 heterocycles. The fourth-order valence-electron chi connectivity index (χ4n) is 1.58. The summed E-state index contributed by atoms with van der Waals surface area (Å²) >= 11 is -2.36. The van der Waals surface area contributed by atoms with Crippen LogP contribution >= 0.6 is 0 Å². The van der Waals surface area contributed by atoms with Crippen LogP contribution in [-0.2, 0) is 17.8 Å². The molecule has 0 aliphatic rings. The average Bonchev–Trinajstić information content (AvgIpc) is 2.48. The Morgan fingerprint density at radius 2 is 1.71 bits per heavy atom. The van der Waals surface area contributed by atoms with Gasteiger partial charge in [0.2, 0.25) is 0 Å². The normalized spacial score (nSPS) is 11.5. The number of rotatable bonds is 5. The summed E-state index contributed by atoms with van der Waals surface area (Å²) in [6.45, 7) is 0.392. The first-order valence-electron chi connectivity index (χ1n) is 6.03. The first-order valence-corrected chi connectivity index (χ1v) is 7.11. The van der Waals surface area contributed by atoms with Crippen molar-refractivity contribution in [2.24, 2.45) is 0 Å². The van der Waals surface area contributed by atoms with Crippen molar-refractivity contribution < 1.29 is 13.6 Å². The molecule has 0 aliphatic heterocycles. The molecule has 0 spiro atoms. The van der Waals surface area contributed by atoms with E-state index in [1.807, 2.05) is 12.1 Å². The molecule has 1 aromatic carbocycles. The zero-order valence-corrected chi connectivity index (χ0v) is 11.7. The molecule has 0 bridgehead atoms. The van der Waals surface area contributed by atoms with E-state index in [9.17, 15) is 13.6 Å². The third-order valence-electron chi connectivity index (χ3n) is 2.55. The van der Waals surface area contributed by atoms with Crippen LogP contribution in [0.2, 0.25) is 0 Å². The molecule has 0 fully saturated rings. The standard InChI is InChI=1S/C13H14N4O3S/c18-13(15-9-10-5-7-14-8-6-10)16-11-1-3-12(4-2-11)17-21(19)20/h1-8,17H,9H2,(H,19,20)(H2,15,16,18)/p-1. The number of aromatic nitrogens is 1. The van der Waals surface area contributed by atoms with Crippen molar-refractivity contribution >= 4 is 28.7 Å². The molecule has 0 aliphatic carbocycles. The number of amides is 2. The molecule has 3 N–H and O–H groups in total. The number of nitrogens with one attached hydrogen (secondary N) is 3. The monoisotopic (exact) mass is 305 g/mol. The highest BCUT2D eigenvalue weighted by Gasteiger charge is 2.01. The minimum atomic E-state index is -2.36. The van der Waals surface area contributed by atoms with Crippen LogP contribution in [0.15, 0.2) is 48.8 Å². The van der Waals surface area contributed by atoms with E-state index in [-0.39, 0.29) is 6.03 Å². The molecule has 110 valence electrons. The Morgan fingerprint density at radius 1 is 1.10 bits per heavy atom. The van der Waals surface area contributed by atoms with E-state index < -0.39 is 11.3 Å². The zero-order valence-electron chi connectivity index (χ0n) is 10.9. The Hall–Kier alpha value is -2.45. The van der Waals surface area contributed by atoms with E-state index in [1.165, 1.54) is 0 Å². The SMILES string of the molecule is O=C(NCc1ccncc1)Nc1ccc(NS(=O)[O-])cc1. The van der Waals surface area contributed by atoms with Gasteiger partial charge in [0.25, 0.3) is 0 Å². The van der Waals surface area contributed by atoms with Gasteiger partial charge in [-0.25, -0.2) is 4.79 Å². The topological polar surface area (TPSA) is 106 Å².